The van der Waals surface area contributed by atoms with E-state index in [1.54, 1.807) is 37.4 Å². The topological polar surface area (TPSA) is 93.4 Å². The first-order valence-corrected chi connectivity index (χ1v) is 9.03. The Hall–Kier alpha value is -2.32. The fourth-order valence-electron chi connectivity index (χ4n) is 3.01. The van der Waals surface area contributed by atoms with Crippen molar-refractivity contribution in [2.75, 3.05) is 6.54 Å². The molecule has 7 nitrogen and oxygen atoms in total. The number of rotatable bonds is 4. The lowest BCUT2D eigenvalue weighted by molar-refractivity contribution is -0.387. The molecule has 126 valence electrons. The highest BCUT2D eigenvalue weighted by Gasteiger charge is 2.39. The van der Waals surface area contributed by atoms with Crippen LogP contribution in [0.5, 0.6) is 0 Å². The number of benzene rings is 1. The van der Waals surface area contributed by atoms with Crippen molar-refractivity contribution in [3.8, 4) is 0 Å². The van der Waals surface area contributed by atoms with E-state index in [1.807, 2.05) is 0 Å². The molecule has 0 spiro atoms. The maximum atomic E-state index is 13.0. The third-order valence-electron chi connectivity index (χ3n) is 4.13. The van der Waals surface area contributed by atoms with Gasteiger partial charge in [-0.25, -0.2) is 8.42 Å². The molecule has 0 unspecified atom stereocenters. The van der Waals surface area contributed by atoms with Gasteiger partial charge in [0, 0.05) is 18.8 Å². The van der Waals surface area contributed by atoms with E-state index in [0.29, 0.717) is 30.6 Å². The van der Waals surface area contributed by atoms with Crippen LogP contribution in [0.1, 0.15) is 30.1 Å². The van der Waals surface area contributed by atoms with E-state index in [9.17, 15) is 18.5 Å². The average Bonchev–Trinajstić information content (AvgIpc) is 3.06. The van der Waals surface area contributed by atoms with Crippen molar-refractivity contribution in [2.24, 2.45) is 0 Å². The molecule has 1 fully saturated rings. The monoisotopic (exact) mass is 347 g/mol. The SMILES string of the molecule is Cc1ccc(S(=O)(=O)N2CCC[C@@H]2c2ccccn2)c([N+](=O)[O-])c1. The van der Waals surface area contributed by atoms with Crippen molar-refractivity contribution < 1.29 is 13.3 Å². The summed E-state index contributed by atoms with van der Waals surface area (Å²) >= 11 is 0. The molecular weight excluding hydrogens is 330 g/mol. The molecule has 1 saturated heterocycles. The number of aryl methyl sites for hydroxylation is 1. The van der Waals surface area contributed by atoms with Gasteiger partial charge in [-0.3, -0.25) is 15.1 Å². The fraction of sp³-hybridized carbons (Fsp3) is 0.312. The van der Waals surface area contributed by atoms with Crippen LogP contribution in [0.2, 0.25) is 0 Å². The molecule has 0 N–H and O–H groups in total. The number of aromatic nitrogens is 1. The Bertz CT molecular complexity index is 868. The standard InChI is InChI=1S/C16H17N3O4S/c1-12-7-8-16(15(11-12)19(20)21)24(22,23)18-10-4-6-14(18)13-5-2-3-9-17-13/h2-3,5,7-9,11,14H,4,6,10H2,1H3/t14-/m1/s1. The smallest absolute Gasteiger partial charge is 0.260 e. The molecule has 1 atom stereocenters. The van der Waals surface area contributed by atoms with Crippen molar-refractivity contribution >= 4 is 15.7 Å². The summed E-state index contributed by atoms with van der Waals surface area (Å²) < 4.78 is 27.4. The predicted octanol–water partition coefficient (Wildman–Crippen LogP) is 2.82. The molecule has 1 aromatic heterocycles. The van der Waals surface area contributed by atoms with E-state index in [1.165, 1.54) is 16.4 Å². The van der Waals surface area contributed by atoms with Gasteiger partial charge in [0.25, 0.3) is 15.7 Å². The van der Waals surface area contributed by atoms with Crippen molar-refractivity contribution in [1.29, 1.82) is 0 Å². The zero-order valence-electron chi connectivity index (χ0n) is 13.1. The van der Waals surface area contributed by atoms with Crippen LogP contribution in [0.15, 0.2) is 47.5 Å². The molecular formula is C16H17N3O4S. The summed E-state index contributed by atoms with van der Waals surface area (Å²) in [6.45, 7) is 2.02. The molecule has 0 bridgehead atoms. The first-order valence-electron chi connectivity index (χ1n) is 7.59. The second-order valence-electron chi connectivity index (χ2n) is 5.76. The lowest BCUT2D eigenvalue weighted by atomic mass is 10.1. The number of nitro groups is 1. The van der Waals surface area contributed by atoms with E-state index in [0.717, 1.165) is 0 Å². The molecule has 1 aliphatic heterocycles. The highest BCUT2D eigenvalue weighted by atomic mass is 32.2. The van der Waals surface area contributed by atoms with Gasteiger partial charge >= 0.3 is 0 Å². The van der Waals surface area contributed by atoms with Crippen LogP contribution >= 0.6 is 0 Å². The summed E-state index contributed by atoms with van der Waals surface area (Å²) in [6.07, 6.45) is 2.96. The highest BCUT2D eigenvalue weighted by molar-refractivity contribution is 7.89. The third kappa shape index (κ3) is 2.90. The van der Waals surface area contributed by atoms with Crippen molar-refractivity contribution in [1.82, 2.24) is 9.29 Å². The van der Waals surface area contributed by atoms with Crippen LogP contribution in [0, 0.1) is 17.0 Å². The van der Waals surface area contributed by atoms with Crippen molar-refractivity contribution in [2.45, 2.75) is 30.7 Å². The number of nitro benzene ring substituents is 1. The maximum absolute atomic E-state index is 13.0. The fourth-order valence-corrected chi connectivity index (χ4v) is 4.82. The Morgan fingerprint density at radius 2 is 2.08 bits per heavy atom. The Kier molecular flexibility index (Phi) is 4.33. The van der Waals surface area contributed by atoms with E-state index >= 15 is 0 Å². The van der Waals surface area contributed by atoms with Gasteiger partial charge in [0.1, 0.15) is 0 Å². The molecule has 24 heavy (non-hydrogen) atoms. The highest BCUT2D eigenvalue weighted by Crippen LogP contribution is 2.38. The van der Waals surface area contributed by atoms with E-state index in [4.69, 9.17) is 0 Å². The molecule has 0 aliphatic carbocycles. The van der Waals surface area contributed by atoms with Gasteiger partial charge in [-0.05, 0) is 43.5 Å². The quantitative estimate of drug-likeness (QED) is 0.626. The summed E-state index contributed by atoms with van der Waals surface area (Å²) in [6, 6.07) is 9.14. The van der Waals surface area contributed by atoms with Crippen molar-refractivity contribution in [3.63, 3.8) is 0 Å². The molecule has 2 heterocycles. The minimum absolute atomic E-state index is 0.263. The molecule has 8 heteroatoms. The first-order chi connectivity index (χ1) is 11.4. The Balaban J connectivity index is 2.06. The van der Waals surface area contributed by atoms with E-state index in [-0.39, 0.29) is 10.6 Å². The van der Waals surface area contributed by atoms with Gasteiger partial charge in [-0.1, -0.05) is 12.1 Å². The zero-order valence-corrected chi connectivity index (χ0v) is 13.9. The molecule has 0 radical (unpaired) electrons. The number of pyridine rings is 1. The summed E-state index contributed by atoms with van der Waals surface area (Å²) in [7, 11) is -3.98. The minimum atomic E-state index is -3.98. The molecule has 1 aliphatic rings. The summed E-state index contributed by atoms with van der Waals surface area (Å²) in [5.41, 5.74) is 0.915. The largest absolute Gasteiger partial charge is 0.289 e. The van der Waals surface area contributed by atoms with E-state index in [2.05, 4.69) is 4.98 Å². The average molecular weight is 347 g/mol. The summed E-state index contributed by atoms with van der Waals surface area (Å²) in [4.78, 5) is 14.6. The lowest BCUT2D eigenvalue weighted by Crippen LogP contribution is -2.31. The number of nitrogens with zero attached hydrogens (tertiary/aromatic N) is 3. The maximum Gasteiger partial charge on any atom is 0.289 e. The molecule has 3 rings (SSSR count). The zero-order chi connectivity index (χ0) is 17.3. The third-order valence-corrected chi connectivity index (χ3v) is 6.09. The van der Waals surface area contributed by atoms with Gasteiger partial charge < -0.3 is 0 Å². The molecule has 0 amide bonds. The van der Waals surface area contributed by atoms with Crippen LogP contribution in [-0.4, -0.2) is 29.2 Å². The van der Waals surface area contributed by atoms with Crippen LogP contribution in [0.4, 0.5) is 5.69 Å². The molecule has 2 aromatic rings. The van der Waals surface area contributed by atoms with E-state index < -0.39 is 21.0 Å². The normalized spacial score (nSPS) is 18.6. The number of hydrogen-bond donors (Lipinski definition) is 0. The summed E-state index contributed by atoms with van der Waals surface area (Å²) in [5, 5.41) is 11.3. The van der Waals surface area contributed by atoms with Gasteiger partial charge in [-0.15, -0.1) is 0 Å². The number of sulfonamides is 1. The van der Waals surface area contributed by atoms with Gasteiger partial charge in [-0.2, -0.15) is 4.31 Å². The molecule has 0 saturated carbocycles. The summed E-state index contributed by atoms with van der Waals surface area (Å²) in [5.74, 6) is 0. The van der Waals surface area contributed by atoms with Gasteiger partial charge in [0.05, 0.1) is 16.7 Å². The minimum Gasteiger partial charge on any atom is -0.260 e. The van der Waals surface area contributed by atoms with Crippen LogP contribution in [0.3, 0.4) is 0 Å². The van der Waals surface area contributed by atoms with Crippen LogP contribution < -0.4 is 0 Å². The predicted molar refractivity (Wildman–Crippen MR) is 87.9 cm³/mol. The lowest BCUT2D eigenvalue weighted by Gasteiger charge is -2.23. The number of hydrogen-bond acceptors (Lipinski definition) is 5. The Morgan fingerprint density at radius 1 is 1.29 bits per heavy atom. The van der Waals surface area contributed by atoms with Crippen molar-refractivity contribution in [3.05, 3.63) is 64.0 Å². The van der Waals surface area contributed by atoms with Crippen LogP contribution in [-0.2, 0) is 10.0 Å². The second-order valence-corrected chi connectivity index (χ2v) is 7.62. The van der Waals surface area contributed by atoms with Crippen LogP contribution in [0.25, 0.3) is 0 Å². The van der Waals surface area contributed by atoms with Gasteiger partial charge in [0.15, 0.2) is 4.90 Å². The van der Waals surface area contributed by atoms with Gasteiger partial charge in [0.2, 0.25) is 0 Å². The second kappa shape index (κ2) is 6.29. The Morgan fingerprint density at radius 3 is 2.75 bits per heavy atom. The molecule has 1 aromatic carbocycles. The first kappa shape index (κ1) is 16.5. The Labute approximate surface area is 140 Å².